The molecule has 0 atom stereocenters. The highest BCUT2D eigenvalue weighted by molar-refractivity contribution is 6.31. The minimum absolute atomic E-state index is 0.0545. The molecule has 31 heavy (non-hydrogen) atoms. The first-order valence-electron chi connectivity index (χ1n) is 9.54. The third kappa shape index (κ3) is 3.49. The summed E-state index contributed by atoms with van der Waals surface area (Å²) in [6.45, 7) is 1.73. The molecule has 152 valence electrons. The molecule has 0 fully saturated rings. The van der Waals surface area contributed by atoms with E-state index in [1.54, 1.807) is 49.4 Å². The van der Waals surface area contributed by atoms with Gasteiger partial charge in [0.15, 0.2) is 5.76 Å². The number of fused-ring (bicyclic) bond motifs is 2. The van der Waals surface area contributed by atoms with Crippen LogP contribution in [0.2, 0.25) is 5.02 Å². The quantitative estimate of drug-likeness (QED) is 0.219. The van der Waals surface area contributed by atoms with Gasteiger partial charge in [0.1, 0.15) is 17.1 Å². The van der Waals surface area contributed by atoms with E-state index in [-0.39, 0.29) is 23.1 Å². The Balaban J connectivity index is 1.42. The number of Topliss-reactive ketones (excluding diaryl/α,β-unsaturated/α-hetero) is 1. The van der Waals surface area contributed by atoms with E-state index in [0.717, 1.165) is 5.56 Å². The molecule has 1 aromatic heterocycles. The maximum atomic E-state index is 12.7. The molecule has 1 aliphatic rings. The number of allylic oxidation sites excluding steroid dienone is 1. The highest BCUT2D eigenvalue weighted by atomic mass is 35.5. The Morgan fingerprint density at radius 2 is 1.84 bits per heavy atom. The molecule has 3 aromatic carbocycles. The molecule has 0 unspecified atom stereocenters. The first-order chi connectivity index (χ1) is 15.0. The van der Waals surface area contributed by atoms with Crippen LogP contribution in [0.3, 0.4) is 0 Å². The number of rotatable bonds is 3. The van der Waals surface area contributed by atoms with Crippen molar-refractivity contribution in [1.82, 2.24) is 0 Å². The highest BCUT2D eigenvalue weighted by Gasteiger charge is 2.30. The molecule has 5 rings (SSSR count). The number of ether oxygens (including phenoxy) is 2. The lowest BCUT2D eigenvalue weighted by Gasteiger charge is -2.09. The number of furan rings is 1. The van der Waals surface area contributed by atoms with Crippen LogP contribution in [0.25, 0.3) is 17.0 Å². The summed E-state index contributed by atoms with van der Waals surface area (Å²) in [4.78, 5) is 25.3. The Hall–Kier alpha value is -3.83. The van der Waals surface area contributed by atoms with Crippen molar-refractivity contribution in [3.63, 3.8) is 0 Å². The van der Waals surface area contributed by atoms with Crippen molar-refractivity contribution in [2.24, 2.45) is 0 Å². The van der Waals surface area contributed by atoms with Crippen LogP contribution < -0.4 is 9.47 Å². The monoisotopic (exact) mass is 430 g/mol. The fourth-order valence-electron chi connectivity index (χ4n) is 3.44. The maximum Gasteiger partial charge on any atom is 0.379 e. The van der Waals surface area contributed by atoms with Crippen molar-refractivity contribution >= 4 is 40.4 Å². The van der Waals surface area contributed by atoms with E-state index in [4.69, 9.17) is 25.5 Å². The molecule has 0 spiro atoms. The summed E-state index contributed by atoms with van der Waals surface area (Å²) in [6, 6.07) is 19.3. The number of carbonyl (C=O) groups excluding carboxylic acids is 2. The van der Waals surface area contributed by atoms with E-state index in [0.29, 0.717) is 32.9 Å². The number of carbonyl (C=O) groups is 2. The molecule has 2 heterocycles. The van der Waals surface area contributed by atoms with Gasteiger partial charge in [0.25, 0.3) is 0 Å². The zero-order chi connectivity index (χ0) is 21.5. The minimum atomic E-state index is -0.653. The van der Waals surface area contributed by atoms with Gasteiger partial charge < -0.3 is 13.9 Å². The molecule has 0 aliphatic carbocycles. The minimum Gasteiger partial charge on any atom is -0.452 e. The van der Waals surface area contributed by atoms with Gasteiger partial charge in [0.05, 0.1) is 5.56 Å². The van der Waals surface area contributed by atoms with Crippen molar-refractivity contribution in [2.45, 2.75) is 6.92 Å². The average Bonchev–Trinajstić information content (AvgIpc) is 3.32. The molecule has 1 aliphatic heterocycles. The number of hydrogen-bond acceptors (Lipinski definition) is 5. The van der Waals surface area contributed by atoms with Crippen molar-refractivity contribution in [3.05, 3.63) is 100.0 Å². The first kappa shape index (κ1) is 19.2. The second-order valence-electron chi connectivity index (χ2n) is 7.10. The molecule has 0 amide bonds. The molecule has 0 N–H and O–H groups in total. The molecular formula is C25H15ClO5. The van der Waals surface area contributed by atoms with Crippen molar-refractivity contribution in [1.29, 1.82) is 0 Å². The normalized spacial score (nSPS) is 14.0. The van der Waals surface area contributed by atoms with Gasteiger partial charge in [-0.3, -0.25) is 4.79 Å². The third-order valence-electron chi connectivity index (χ3n) is 5.02. The summed E-state index contributed by atoms with van der Waals surface area (Å²) in [5.74, 6) is 0.0827. The van der Waals surface area contributed by atoms with Crippen molar-refractivity contribution in [3.8, 4) is 11.5 Å². The molecular weight excluding hydrogens is 416 g/mol. The lowest BCUT2D eigenvalue weighted by molar-refractivity contribution is 0.0702. The van der Waals surface area contributed by atoms with Gasteiger partial charge >= 0.3 is 5.97 Å². The smallest absolute Gasteiger partial charge is 0.379 e. The summed E-state index contributed by atoms with van der Waals surface area (Å²) in [6.07, 6.45) is 1.69. The molecule has 5 nitrogen and oxygen atoms in total. The molecule has 0 bridgehead atoms. The predicted molar refractivity (Wildman–Crippen MR) is 117 cm³/mol. The standard InChI is InChI=1S/C25H15ClO5/c1-14-19(31-25(28)22-13-16-12-17(26)7-9-20(16)29-22)10-8-18-23(27)21(30-24(14)18)11-15-5-3-2-4-6-15/h2-13H,1H3/b21-11-. The largest absolute Gasteiger partial charge is 0.452 e. The Bertz CT molecular complexity index is 1380. The van der Waals surface area contributed by atoms with Gasteiger partial charge in [-0.05, 0) is 55.0 Å². The van der Waals surface area contributed by atoms with Gasteiger partial charge in [-0.15, -0.1) is 0 Å². The molecule has 0 saturated heterocycles. The van der Waals surface area contributed by atoms with Crippen LogP contribution in [0.15, 0.2) is 76.9 Å². The van der Waals surface area contributed by atoms with E-state index in [2.05, 4.69) is 0 Å². The predicted octanol–water partition coefficient (Wildman–Crippen LogP) is 6.23. The SMILES string of the molecule is Cc1c(OC(=O)c2cc3cc(Cl)ccc3o2)ccc2c1O/C(=C\c1ccccc1)C2=O. The second kappa shape index (κ2) is 7.45. The van der Waals surface area contributed by atoms with E-state index in [9.17, 15) is 9.59 Å². The Morgan fingerprint density at radius 3 is 2.65 bits per heavy atom. The van der Waals surface area contributed by atoms with Crippen LogP contribution >= 0.6 is 11.6 Å². The Morgan fingerprint density at radius 1 is 1.03 bits per heavy atom. The van der Waals surface area contributed by atoms with Crippen molar-refractivity contribution in [2.75, 3.05) is 0 Å². The Labute approximate surface area is 182 Å². The summed E-state index contributed by atoms with van der Waals surface area (Å²) in [5, 5.41) is 1.25. The average molecular weight is 431 g/mol. The van der Waals surface area contributed by atoms with Gasteiger partial charge in [-0.1, -0.05) is 41.9 Å². The number of halogens is 1. The molecule has 6 heteroatoms. The van der Waals surface area contributed by atoms with Crippen LogP contribution in [0.5, 0.6) is 11.5 Å². The number of esters is 1. The fraction of sp³-hybridized carbons (Fsp3) is 0.0400. The summed E-state index contributed by atoms with van der Waals surface area (Å²) < 4.78 is 16.9. The summed E-state index contributed by atoms with van der Waals surface area (Å²) in [5.41, 5.74) is 2.37. The zero-order valence-corrected chi connectivity index (χ0v) is 17.1. The fourth-order valence-corrected chi connectivity index (χ4v) is 3.62. The second-order valence-corrected chi connectivity index (χ2v) is 7.53. The van der Waals surface area contributed by atoms with Crippen molar-refractivity contribution < 1.29 is 23.5 Å². The lowest BCUT2D eigenvalue weighted by atomic mass is 10.1. The lowest BCUT2D eigenvalue weighted by Crippen LogP contribution is -2.08. The number of benzene rings is 3. The van der Waals surface area contributed by atoms with E-state index >= 15 is 0 Å². The van der Waals surface area contributed by atoms with E-state index in [1.165, 1.54) is 0 Å². The molecule has 4 aromatic rings. The third-order valence-corrected chi connectivity index (χ3v) is 5.25. The molecule has 0 radical (unpaired) electrons. The van der Waals surface area contributed by atoms with Crippen LogP contribution in [-0.2, 0) is 0 Å². The highest BCUT2D eigenvalue weighted by Crippen LogP contribution is 2.39. The van der Waals surface area contributed by atoms with Gasteiger partial charge in [0, 0.05) is 16.0 Å². The number of hydrogen-bond donors (Lipinski definition) is 0. The summed E-state index contributed by atoms with van der Waals surface area (Å²) in [7, 11) is 0. The van der Waals surface area contributed by atoms with E-state index in [1.807, 2.05) is 30.3 Å². The molecule has 0 saturated carbocycles. The zero-order valence-electron chi connectivity index (χ0n) is 16.3. The maximum absolute atomic E-state index is 12.7. The van der Waals surface area contributed by atoms with Crippen LogP contribution in [0.1, 0.15) is 32.0 Å². The van der Waals surface area contributed by atoms with Gasteiger partial charge in [-0.2, -0.15) is 0 Å². The van der Waals surface area contributed by atoms with Crippen LogP contribution in [0, 0.1) is 6.92 Å². The number of ketones is 1. The first-order valence-corrected chi connectivity index (χ1v) is 9.91. The van der Waals surface area contributed by atoms with Gasteiger partial charge in [-0.25, -0.2) is 4.79 Å². The van der Waals surface area contributed by atoms with Crippen LogP contribution in [-0.4, -0.2) is 11.8 Å². The Kier molecular flexibility index (Phi) is 4.60. The topological polar surface area (TPSA) is 65.7 Å². The van der Waals surface area contributed by atoms with E-state index < -0.39 is 5.97 Å². The summed E-state index contributed by atoms with van der Waals surface area (Å²) >= 11 is 5.98. The van der Waals surface area contributed by atoms with Gasteiger partial charge in [0.2, 0.25) is 11.5 Å². The van der Waals surface area contributed by atoms with Crippen LogP contribution in [0.4, 0.5) is 0 Å².